The molecule has 11 nitrogen and oxygen atoms in total. The molecule has 0 aliphatic carbocycles. The van der Waals surface area contributed by atoms with Crippen LogP contribution in [0.25, 0.3) is 0 Å². The highest BCUT2D eigenvalue weighted by molar-refractivity contribution is 8.00. The summed E-state index contributed by atoms with van der Waals surface area (Å²) in [6.45, 7) is 6.79. The summed E-state index contributed by atoms with van der Waals surface area (Å²) in [5, 5.41) is 11.2. The molecule has 7 rings (SSSR count). The summed E-state index contributed by atoms with van der Waals surface area (Å²) < 4.78 is 13.7. The van der Waals surface area contributed by atoms with Crippen molar-refractivity contribution in [2.75, 3.05) is 12.3 Å². The average molecular weight is 769 g/mol. The van der Waals surface area contributed by atoms with Crippen LogP contribution in [0.15, 0.2) is 132 Å². The minimum Gasteiger partial charge on any atom is -0.448 e. The van der Waals surface area contributed by atoms with Gasteiger partial charge < -0.3 is 19.7 Å². The lowest BCUT2D eigenvalue weighted by atomic mass is 10.00. The molecule has 0 saturated carbocycles. The molecule has 0 bridgehead atoms. The Morgan fingerprint density at radius 3 is 2.20 bits per heavy atom. The number of allylic oxidation sites excluding steroid dienone is 1. The maximum Gasteiger partial charge on any atom is 0.408 e. The van der Waals surface area contributed by atoms with E-state index in [1.165, 1.54) is 16.7 Å². The first-order valence-electron chi connectivity index (χ1n) is 18.4. The van der Waals surface area contributed by atoms with Gasteiger partial charge in [-0.3, -0.25) is 14.5 Å². The summed E-state index contributed by atoms with van der Waals surface area (Å²) in [7, 11) is 0. The molecule has 3 aromatic carbocycles. The van der Waals surface area contributed by atoms with Gasteiger partial charge in [-0.2, -0.15) is 5.26 Å². The largest absolute Gasteiger partial charge is 0.448 e. The average Bonchev–Trinajstić information content (AvgIpc) is 3.53. The third-order valence-electron chi connectivity index (χ3n) is 9.64. The van der Waals surface area contributed by atoms with E-state index in [1.807, 2.05) is 102 Å². The Morgan fingerprint density at radius 2 is 1.59 bits per heavy atom. The monoisotopic (exact) mass is 768 g/mol. The number of hydrogen-bond acceptors (Lipinski definition) is 8. The number of alkyl carbamates (subject to hydrolysis) is 1. The number of fused-ring (bicyclic) bond motifs is 1. The number of β-lactam (4-membered cyclic amide) rings is 1. The number of hydrogen-bond donors (Lipinski definition) is 1. The number of rotatable bonds is 10. The van der Waals surface area contributed by atoms with Crippen molar-refractivity contribution < 1.29 is 33.2 Å². The molecule has 1 aromatic heterocycles. The Kier molecular flexibility index (Phi) is 11.1. The zero-order valence-corrected chi connectivity index (χ0v) is 32.2. The van der Waals surface area contributed by atoms with Crippen LogP contribution in [0.1, 0.15) is 61.1 Å². The molecule has 56 heavy (non-hydrogen) atoms. The summed E-state index contributed by atoms with van der Waals surface area (Å²) in [6.07, 6.45) is 4.66. The van der Waals surface area contributed by atoms with Crippen molar-refractivity contribution in [1.29, 1.82) is 5.26 Å². The van der Waals surface area contributed by atoms with Crippen molar-refractivity contribution >= 4 is 35.6 Å². The number of nitrogens with zero attached hydrogens (tertiary/aromatic N) is 4. The minimum absolute atomic E-state index is 0.0616. The van der Waals surface area contributed by atoms with Crippen molar-refractivity contribution in [3.8, 4) is 6.07 Å². The molecule has 3 aliphatic rings. The molecule has 3 aliphatic heterocycles. The quantitative estimate of drug-likeness (QED) is 0.0907. The lowest BCUT2D eigenvalue weighted by Gasteiger charge is -2.49. The number of benzene rings is 3. The third-order valence-corrected chi connectivity index (χ3v) is 10.9. The number of ether oxygens (including phenoxy) is 2. The van der Waals surface area contributed by atoms with Crippen LogP contribution in [0.2, 0.25) is 0 Å². The second-order valence-corrected chi connectivity index (χ2v) is 16.0. The first kappa shape index (κ1) is 38.1. The molecule has 0 spiro atoms. The second-order valence-electron chi connectivity index (χ2n) is 14.8. The molecule has 3 amide bonds. The highest BCUT2D eigenvalue weighted by Gasteiger charge is 2.55. The Morgan fingerprint density at radius 1 is 0.946 bits per heavy atom. The fraction of sp³-hybridized carbons (Fsp3) is 0.273. The molecule has 1 N–H and O–H groups in total. The van der Waals surface area contributed by atoms with Gasteiger partial charge in [0.1, 0.15) is 22.7 Å². The van der Waals surface area contributed by atoms with E-state index in [4.69, 9.17) is 14.7 Å². The Balaban J connectivity index is 1.13. The zero-order chi connectivity index (χ0) is 39.4. The van der Waals surface area contributed by atoms with Crippen molar-refractivity contribution in [2.24, 2.45) is 0 Å². The van der Waals surface area contributed by atoms with Crippen LogP contribution in [0.5, 0.6) is 0 Å². The Bertz CT molecular complexity index is 2190. The molecule has 2 unspecified atom stereocenters. The normalized spacial score (nSPS) is 18.7. The highest BCUT2D eigenvalue weighted by Crippen LogP contribution is 2.42. The number of esters is 1. The number of likely N-dealkylation sites (tertiary alicyclic amines) is 1. The Hall–Kier alpha value is -6.19. The van der Waals surface area contributed by atoms with Gasteiger partial charge in [0.05, 0.1) is 11.6 Å². The number of pyridine rings is 1. The minimum atomic E-state index is -0.900. The zero-order valence-electron chi connectivity index (χ0n) is 31.4. The molecule has 12 heteroatoms. The molecule has 2 fully saturated rings. The fourth-order valence-electron chi connectivity index (χ4n) is 6.90. The molecular formula is C44H42N5O6S+. The summed E-state index contributed by atoms with van der Waals surface area (Å²) >= 11 is 1.40. The first-order chi connectivity index (χ1) is 27.0. The predicted octanol–water partition coefficient (Wildman–Crippen LogP) is 5.95. The van der Waals surface area contributed by atoms with Crippen LogP contribution in [0, 0.1) is 11.3 Å². The number of carbonyl (C=O) groups is 4. The van der Waals surface area contributed by atoms with E-state index < -0.39 is 41.1 Å². The van der Waals surface area contributed by atoms with E-state index in [-0.39, 0.29) is 11.6 Å². The van der Waals surface area contributed by atoms with Crippen molar-refractivity contribution in [3.05, 3.63) is 160 Å². The molecule has 4 heterocycles. The molecular weight excluding hydrogens is 727 g/mol. The maximum absolute atomic E-state index is 14.4. The van der Waals surface area contributed by atoms with Crippen LogP contribution in [0.4, 0.5) is 4.79 Å². The number of nitriles is 1. The third kappa shape index (κ3) is 8.53. The maximum atomic E-state index is 14.4. The number of nitrogens with one attached hydrogen (secondary N) is 1. The standard InChI is InChI=1S/C44H41N5O6S/c1-44(2,3)55-43(53)46-36-40(51)49-37(42(52)54-38(32-10-6-4-7-11-32)33-12-8-5-9-13-33)35(28-56-41(36)49)24-34-20-23-48(39(34)50)27-31-18-21-47(22-19-31)26-30-16-14-29(25-45)15-17-30/h4-19,21-22,24,36,38,41H,20,23,26-28H2,1-3H3/p+1. The highest BCUT2D eigenvalue weighted by atomic mass is 32.2. The molecule has 2 atom stereocenters. The SMILES string of the molecule is CC(C)(C)OC(=O)NC1C(=O)N2C(C(=O)OC(c3ccccc3)c3ccccc3)=C(C=C3CCN(Cc4cc[n+](Cc5ccc(C#N)cc5)cc4)C3=O)CSC12. The van der Waals surface area contributed by atoms with Crippen LogP contribution < -0.4 is 9.88 Å². The van der Waals surface area contributed by atoms with Gasteiger partial charge >= 0.3 is 12.1 Å². The van der Waals surface area contributed by atoms with Crippen molar-refractivity contribution in [1.82, 2.24) is 15.1 Å². The van der Waals surface area contributed by atoms with Crippen molar-refractivity contribution in [2.45, 2.75) is 63.4 Å². The first-order valence-corrected chi connectivity index (χ1v) is 19.5. The van der Waals surface area contributed by atoms with Crippen LogP contribution in [0.3, 0.4) is 0 Å². The summed E-state index contributed by atoms with van der Waals surface area (Å²) in [6, 6.07) is 31.4. The van der Waals surface area contributed by atoms with Crippen molar-refractivity contribution in [3.63, 3.8) is 0 Å². The fourth-order valence-corrected chi connectivity index (χ4v) is 8.21. The van der Waals surface area contributed by atoms with Gasteiger partial charge in [0.25, 0.3) is 5.91 Å². The van der Waals surface area contributed by atoms with Gasteiger partial charge in [0, 0.05) is 42.1 Å². The van der Waals surface area contributed by atoms with Gasteiger partial charge in [-0.15, -0.1) is 11.8 Å². The van der Waals surface area contributed by atoms with E-state index >= 15 is 0 Å². The van der Waals surface area contributed by atoms with E-state index in [0.29, 0.717) is 48.5 Å². The molecule has 4 aromatic rings. The number of carbonyl (C=O) groups excluding carboxylic acids is 4. The van der Waals surface area contributed by atoms with E-state index in [0.717, 1.165) is 22.3 Å². The topological polar surface area (TPSA) is 133 Å². The van der Waals surface area contributed by atoms with Crippen LogP contribution >= 0.6 is 11.8 Å². The molecule has 2 saturated heterocycles. The number of amides is 3. The molecule has 0 radical (unpaired) electrons. The van der Waals surface area contributed by atoms with Gasteiger partial charge in [-0.05, 0) is 67.7 Å². The second kappa shape index (κ2) is 16.3. The van der Waals surface area contributed by atoms with Gasteiger partial charge in [-0.25, -0.2) is 14.2 Å². The molecule has 284 valence electrons. The predicted molar refractivity (Wildman–Crippen MR) is 209 cm³/mol. The number of thioether (sulfide) groups is 1. The van der Waals surface area contributed by atoms with Gasteiger partial charge in [0.2, 0.25) is 5.91 Å². The smallest absolute Gasteiger partial charge is 0.408 e. The Labute approximate surface area is 330 Å². The summed E-state index contributed by atoms with van der Waals surface area (Å²) in [4.78, 5) is 57.9. The van der Waals surface area contributed by atoms with E-state index in [9.17, 15) is 19.2 Å². The van der Waals surface area contributed by atoms with Crippen LogP contribution in [-0.2, 0) is 36.9 Å². The van der Waals surface area contributed by atoms with Gasteiger partial charge in [0.15, 0.2) is 25.0 Å². The lowest BCUT2D eigenvalue weighted by molar-refractivity contribution is -0.688. The lowest BCUT2D eigenvalue weighted by Crippen LogP contribution is -2.70. The van der Waals surface area contributed by atoms with E-state index in [1.54, 1.807) is 43.9 Å². The van der Waals surface area contributed by atoms with Crippen LogP contribution in [-0.4, -0.2) is 63.0 Å². The van der Waals surface area contributed by atoms with Gasteiger partial charge in [-0.1, -0.05) is 72.8 Å². The number of aromatic nitrogens is 1. The van der Waals surface area contributed by atoms with E-state index in [2.05, 4.69) is 11.4 Å². The summed E-state index contributed by atoms with van der Waals surface area (Å²) in [5.41, 5.74) is 4.53. The summed E-state index contributed by atoms with van der Waals surface area (Å²) in [5.74, 6) is -1.00.